The van der Waals surface area contributed by atoms with Crippen LogP contribution >= 0.6 is 22.7 Å². The zero-order valence-corrected chi connectivity index (χ0v) is 16.2. The Morgan fingerprint density at radius 3 is 2.52 bits per heavy atom. The molecule has 3 rings (SSSR count). The van der Waals surface area contributed by atoms with E-state index in [1.807, 2.05) is 29.6 Å². The summed E-state index contributed by atoms with van der Waals surface area (Å²) in [5.74, 6) is -1.70. The van der Waals surface area contributed by atoms with Gasteiger partial charge < -0.3 is 10.5 Å². The molecule has 0 aliphatic rings. The number of esters is 1. The number of nitrogens with zero attached hydrogens (tertiary/aromatic N) is 1. The smallest absolute Gasteiger partial charge is 0.349 e. The van der Waals surface area contributed by atoms with Crippen molar-refractivity contribution >= 4 is 50.8 Å². The number of thiazole rings is 1. The molecule has 0 aliphatic heterocycles. The predicted molar refractivity (Wildman–Crippen MR) is 105 cm³/mol. The predicted octanol–water partition coefficient (Wildman–Crippen LogP) is 3.40. The van der Waals surface area contributed by atoms with Crippen LogP contribution in [0.25, 0.3) is 20.1 Å². The molecule has 0 fully saturated rings. The molecule has 0 radical (unpaired) electrons. The van der Waals surface area contributed by atoms with E-state index in [4.69, 9.17) is 10.5 Å². The molecule has 1 aromatic carbocycles. The van der Waals surface area contributed by atoms with E-state index in [2.05, 4.69) is 4.98 Å². The summed E-state index contributed by atoms with van der Waals surface area (Å²) < 4.78 is 6.37. The zero-order valence-electron chi connectivity index (χ0n) is 14.6. The van der Waals surface area contributed by atoms with Crippen molar-refractivity contribution in [1.82, 2.24) is 10.3 Å². The molecule has 3 N–H and O–H groups in total. The second-order valence-corrected chi connectivity index (χ2v) is 8.19. The number of primary amides is 1. The Hall–Kier alpha value is -2.78. The Balaban J connectivity index is 1.77. The molecule has 3 amide bonds. The highest BCUT2D eigenvalue weighted by atomic mass is 32.1. The Morgan fingerprint density at radius 1 is 1.11 bits per heavy atom. The lowest BCUT2D eigenvalue weighted by Gasteiger charge is -2.19. The van der Waals surface area contributed by atoms with E-state index in [0.717, 1.165) is 20.1 Å². The summed E-state index contributed by atoms with van der Waals surface area (Å²) >= 11 is 2.78. The fourth-order valence-corrected chi connectivity index (χ4v) is 4.31. The van der Waals surface area contributed by atoms with E-state index in [0.29, 0.717) is 4.88 Å². The first-order valence-corrected chi connectivity index (χ1v) is 9.75. The first kappa shape index (κ1) is 19.0. The van der Waals surface area contributed by atoms with Crippen LogP contribution in [0.15, 0.2) is 36.4 Å². The molecule has 0 aliphatic carbocycles. The number of para-hydroxylation sites is 1. The van der Waals surface area contributed by atoms with Crippen LogP contribution in [-0.2, 0) is 9.53 Å². The molecule has 0 bridgehead atoms. The number of carbonyl (C=O) groups is 3. The summed E-state index contributed by atoms with van der Waals surface area (Å²) in [6.07, 6.45) is -1.11. The molecule has 140 valence electrons. The van der Waals surface area contributed by atoms with Gasteiger partial charge in [0.2, 0.25) is 0 Å². The fourth-order valence-electron chi connectivity index (χ4n) is 2.40. The number of amides is 3. The number of hydrogen-bond acceptors (Lipinski definition) is 7. The van der Waals surface area contributed by atoms with Crippen LogP contribution in [0.2, 0.25) is 0 Å². The normalized spacial score (nSPS) is 12.1. The average molecular weight is 403 g/mol. The second-order valence-electron chi connectivity index (χ2n) is 6.07. The number of imide groups is 1. The van der Waals surface area contributed by atoms with E-state index in [1.54, 1.807) is 26.0 Å². The minimum atomic E-state index is -1.11. The molecular formula is C18H17N3O4S2. The van der Waals surface area contributed by atoms with Crippen LogP contribution in [0.3, 0.4) is 0 Å². The molecule has 0 saturated carbocycles. The number of nitrogens with one attached hydrogen (secondary N) is 1. The molecule has 0 saturated heterocycles. The van der Waals surface area contributed by atoms with E-state index >= 15 is 0 Å². The number of ether oxygens (including phenoxy) is 1. The quantitative estimate of drug-likeness (QED) is 0.634. The van der Waals surface area contributed by atoms with Gasteiger partial charge in [-0.15, -0.1) is 22.7 Å². The maximum Gasteiger partial charge on any atom is 0.349 e. The molecule has 1 atom stereocenters. The van der Waals surface area contributed by atoms with Crippen LogP contribution in [0.4, 0.5) is 4.79 Å². The molecule has 0 unspecified atom stereocenters. The van der Waals surface area contributed by atoms with Gasteiger partial charge in [-0.3, -0.25) is 10.1 Å². The molecule has 3 aromatic rings. The number of rotatable bonds is 5. The van der Waals surface area contributed by atoms with Crippen molar-refractivity contribution in [1.29, 1.82) is 0 Å². The number of benzene rings is 1. The van der Waals surface area contributed by atoms with Gasteiger partial charge in [0.15, 0.2) is 6.10 Å². The molecule has 27 heavy (non-hydrogen) atoms. The first-order chi connectivity index (χ1) is 12.8. The van der Waals surface area contributed by atoms with Crippen LogP contribution in [0, 0.1) is 5.92 Å². The van der Waals surface area contributed by atoms with Crippen molar-refractivity contribution in [3.63, 3.8) is 0 Å². The minimum absolute atomic E-state index is 0.322. The highest BCUT2D eigenvalue weighted by molar-refractivity contribution is 7.26. The maximum absolute atomic E-state index is 12.4. The van der Waals surface area contributed by atoms with Gasteiger partial charge in [-0.1, -0.05) is 26.0 Å². The van der Waals surface area contributed by atoms with Crippen LogP contribution in [0.1, 0.15) is 23.5 Å². The van der Waals surface area contributed by atoms with Crippen molar-refractivity contribution in [2.45, 2.75) is 20.0 Å². The number of fused-ring (bicyclic) bond motifs is 1. The number of urea groups is 1. The Morgan fingerprint density at radius 2 is 1.85 bits per heavy atom. The van der Waals surface area contributed by atoms with Crippen LogP contribution < -0.4 is 11.1 Å². The van der Waals surface area contributed by atoms with Crippen molar-refractivity contribution < 1.29 is 19.1 Å². The summed E-state index contributed by atoms with van der Waals surface area (Å²) in [6.45, 7) is 3.42. The number of nitrogens with two attached hydrogens (primary N) is 1. The third-order valence-corrected chi connectivity index (χ3v) is 5.93. The van der Waals surface area contributed by atoms with Gasteiger partial charge in [-0.2, -0.15) is 0 Å². The number of thiophene rings is 1. The van der Waals surface area contributed by atoms with Crippen molar-refractivity contribution in [2.24, 2.45) is 11.7 Å². The molecule has 0 spiro atoms. The topological polar surface area (TPSA) is 111 Å². The third kappa shape index (κ3) is 4.32. The van der Waals surface area contributed by atoms with Gasteiger partial charge in [0.25, 0.3) is 5.91 Å². The second kappa shape index (κ2) is 7.85. The summed E-state index contributed by atoms with van der Waals surface area (Å²) in [4.78, 5) is 41.1. The van der Waals surface area contributed by atoms with Gasteiger partial charge in [0.05, 0.1) is 15.1 Å². The van der Waals surface area contributed by atoms with Gasteiger partial charge in [-0.05, 0) is 30.2 Å². The standard InChI is InChI=1S/C18H17N3O4S2/c1-9(2)14(15(22)21-18(19)24)25-17(23)13-8-7-12(26-13)16-20-10-5-3-4-6-11(10)27-16/h3-9,14H,1-2H3,(H3,19,21,22,24)/t14-/m1/s1. The molecule has 2 aromatic heterocycles. The summed E-state index contributed by atoms with van der Waals surface area (Å²) in [5, 5.41) is 2.76. The summed E-state index contributed by atoms with van der Waals surface area (Å²) in [6, 6.07) is 10.2. The molecule has 7 nitrogen and oxygen atoms in total. The van der Waals surface area contributed by atoms with E-state index in [-0.39, 0.29) is 5.92 Å². The monoisotopic (exact) mass is 403 g/mol. The Bertz CT molecular complexity index is 976. The van der Waals surface area contributed by atoms with Crippen molar-refractivity contribution in [3.05, 3.63) is 41.3 Å². The van der Waals surface area contributed by atoms with E-state index in [9.17, 15) is 14.4 Å². The number of aromatic nitrogens is 1. The van der Waals surface area contributed by atoms with Gasteiger partial charge in [-0.25, -0.2) is 14.6 Å². The Kier molecular flexibility index (Phi) is 5.52. The molecular weight excluding hydrogens is 386 g/mol. The SMILES string of the molecule is CC(C)[C@@H](OC(=O)c1ccc(-c2nc3ccccc3s2)s1)C(=O)NC(N)=O. The first-order valence-electron chi connectivity index (χ1n) is 8.12. The van der Waals surface area contributed by atoms with Crippen molar-refractivity contribution in [2.75, 3.05) is 0 Å². The maximum atomic E-state index is 12.4. The Labute approximate surface area is 163 Å². The van der Waals surface area contributed by atoms with Gasteiger partial charge in [0, 0.05) is 0 Å². The van der Waals surface area contributed by atoms with Crippen LogP contribution in [-0.4, -0.2) is 29.0 Å². The van der Waals surface area contributed by atoms with E-state index < -0.39 is 24.0 Å². The zero-order chi connectivity index (χ0) is 19.6. The largest absolute Gasteiger partial charge is 0.448 e. The minimum Gasteiger partial charge on any atom is -0.448 e. The lowest BCUT2D eigenvalue weighted by molar-refractivity contribution is -0.130. The highest BCUT2D eigenvalue weighted by Crippen LogP contribution is 2.34. The number of hydrogen-bond donors (Lipinski definition) is 2. The fraction of sp³-hybridized carbons (Fsp3) is 0.222. The van der Waals surface area contributed by atoms with Gasteiger partial charge in [0.1, 0.15) is 9.88 Å². The van der Waals surface area contributed by atoms with Gasteiger partial charge >= 0.3 is 12.0 Å². The molecule has 9 heteroatoms. The third-order valence-electron chi connectivity index (χ3n) is 3.66. The van der Waals surface area contributed by atoms with E-state index in [1.165, 1.54) is 22.7 Å². The summed E-state index contributed by atoms with van der Waals surface area (Å²) in [7, 11) is 0. The van der Waals surface area contributed by atoms with Crippen molar-refractivity contribution in [3.8, 4) is 9.88 Å². The van der Waals surface area contributed by atoms with Crippen LogP contribution in [0.5, 0.6) is 0 Å². The average Bonchev–Trinajstić information content (AvgIpc) is 3.24. The lowest BCUT2D eigenvalue weighted by atomic mass is 10.1. The number of carbonyl (C=O) groups excluding carboxylic acids is 3. The lowest BCUT2D eigenvalue weighted by Crippen LogP contribution is -2.45. The summed E-state index contributed by atoms with van der Waals surface area (Å²) in [5.41, 5.74) is 5.86. The molecule has 2 heterocycles. The highest BCUT2D eigenvalue weighted by Gasteiger charge is 2.28.